The van der Waals surface area contributed by atoms with Gasteiger partial charge in [0.25, 0.3) is 0 Å². The van der Waals surface area contributed by atoms with Gasteiger partial charge in [-0.3, -0.25) is 0 Å². The Morgan fingerprint density at radius 1 is 1.13 bits per heavy atom. The first kappa shape index (κ1) is 12.1. The Balaban J connectivity index is 2.98. The number of hydrogen-bond donors (Lipinski definition) is 1. The molecular weight excluding hydrogens is 184 g/mol. The van der Waals surface area contributed by atoms with Crippen LogP contribution in [0, 0.1) is 5.92 Å². The molecule has 2 heteroatoms. The average molecular weight is 206 g/mol. The van der Waals surface area contributed by atoms with Gasteiger partial charge < -0.3 is 10.6 Å². The van der Waals surface area contributed by atoms with Crippen LogP contribution in [0.4, 0.5) is 5.69 Å². The number of nitrogens with zero attached hydrogens (tertiary/aromatic N) is 1. The summed E-state index contributed by atoms with van der Waals surface area (Å²) in [6.07, 6.45) is 0. The van der Waals surface area contributed by atoms with Crippen LogP contribution in [0.1, 0.15) is 26.3 Å². The molecule has 0 saturated carbocycles. The highest BCUT2D eigenvalue weighted by molar-refractivity contribution is 5.47. The zero-order chi connectivity index (χ0) is 11.6. The molecule has 1 unspecified atom stereocenters. The predicted octanol–water partition coefficient (Wildman–Crippen LogP) is 2.58. The summed E-state index contributed by atoms with van der Waals surface area (Å²) >= 11 is 0. The summed E-state index contributed by atoms with van der Waals surface area (Å²) in [5.74, 6) is 0.433. The van der Waals surface area contributed by atoms with Crippen molar-refractivity contribution < 1.29 is 0 Å². The van der Waals surface area contributed by atoms with Gasteiger partial charge in [0.15, 0.2) is 0 Å². The lowest BCUT2D eigenvalue weighted by Crippen LogP contribution is -2.38. The standard InChI is InChI=1S/C13H22N2/c1-10(2)13(3,14)11-6-8-12(9-7-11)15(4)5/h6-10H,14H2,1-5H3. The van der Waals surface area contributed by atoms with E-state index in [1.165, 1.54) is 11.3 Å². The predicted molar refractivity (Wildman–Crippen MR) is 67.1 cm³/mol. The van der Waals surface area contributed by atoms with E-state index in [-0.39, 0.29) is 5.54 Å². The van der Waals surface area contributed by atoms with Gasteiger partial charge in [0.1, 0.15) is 0 Å². The average Bonchev–Trinajstić information content (AvgIpc) is 2.17. The Bertz CT molecular complexity index is 310. The largest absolute Gasteiger partial charge is 0.378 e. The first-order valence-corrected chi connectivity index (χ1v) is 5.42. The molecule has 1 aromatic rings. The van der Waals surface area contributed by atoms with E-state index in [0.29, 0.717) is 5.92 Å². The highest BCUT2D eigenvalue weighted by Crippen LogP contribution is 2.27. The van der Waals surface area contributed by atoms with Crippen molar-refractivity contribution in [3.8, 4) is 0 Å². The van der Waals surface area contributed by atoms with Crippen LogP contribution < -0.4 is 10.6 Å². The molecular formula is C13H22N2. The first-order chi connectivity index (χ1) is 6.85. The molecule has 1 atom stereocenters. The molecule has 0 aliphatic heterocycles. The van der Waals surface area contributed by atoms with Gasteiger partial charge in [0.2, 0.25) is 0 Å². The van der Waals surface area contributed by atoms with Crippen LogP contribution in [-0.2, 0) is 5.54 Å². The molecule has 84 valence electrons. The fraction of sp³-hybridized carbons (Fsp3) is 0.538. The van der Waals surface area contributed by atoms with Crippen LogP contribution in [0.3, 0.4) is 0 Å². The van der Waals surface area contributed by atoms with Crippen molar-refractivity contribution in [2.45, 2.75) is 26.3 Å². The number of anilines is 1. The summed E-state index contributed by atoms with van der Waals surface area (Å²) < 4.78 is 0. The molecule has 0 heterocycles. The molecule has 0 amide bonds. The van der Waals surface area contributed by atoms with Crippen molar-refractivity contribution in [1.29, 1.82) is 0 Å². The third kappa shape index (κ3) is 2.51. The van der Waals surface area contributed by atoms with Crippen LogP contribution in [0.25, 0.3) is 0 Å². The number of benzene rings is 1. The molecule has 0 aromatic heterocycles. The van der Waals surface area contributed by atoms with E-state index in [1.807, 2.05) is 14.1 Å². The molecule has 15 heavy (non-hydrogen) atoms. The maximum Gasteiger partial charge on any atom is 0.0404 e. The van der Waals surface area contributed by atoms with Crippen LogP contribution in [0.5, 0.6) is 0 Å². The van der Waals surface area contributed by atoms with E-state index < -0.39 is 0 Å². The summed E-state index contributed by atoms with van der Waals surface area (Å²) in [6, 6.07) is 8.47. The SMILES string of the molecule is CC(C)C(C)(N)c1ccc(N(C)C)cc1. The summed E-state index contributed by atoms with van der Waals surface area (Å²) in [7, 11) is 4.08. The van der Waals surface area contributed by atoms with Crippen molar-refractivity contribution >= 4 is 5.69 Å². The molecule has 0 spiro atoms. The van der Waals surface area contributed by atoms with E-state index in [0.717, 1.165) is 0 Å². The summed E-state index contributed by atoms with van der Waals surface area (Å²) in [4.78, 5) is 2.09. The quantitative estimate of drug-likeness (QED) is 0.823. The maximum absolute atomic E-state index is 6.29. The van der Waals surface area contributed by atoms with Gasteiger partial charge in [-0.2, -0.15) is 0 Å². The molecule has 0 radical (unpaired) electrons. The Morgan fingerprint density at radius 3 is 1.93 bits per heavy atom. The zero-order valence-electron chi connectivity index (χ0n) is 10.4. The molecule has 0 bridgehead atoms. The van der Waals surface area contributed by atoms with Crippen molar-refractivity contribution in [2.75, 3.05) is 19.0 Å². The molecule has 0 aliphatic carbocycles. The Morgan fingerprint density at radius 2 is 1.60 bits per heavy atom. The van der Waals surface area contributed by atoms with Crippen molar-refractivity contribution in [2.24, 2.45) is 11.7 Å². The van der Waals surface area contributed by atoms with Crippen molar-refractivity contribution in [3.05, 3.63) is 29.8 Å². The van der Waals surface area contributed by atoms with Crippen LogP contribution >= 0.6 is 0 Å². The van der Waals surface area contributed by atoms with E-state index in [4.69, 9.17) is 5.73 Å². The monoisotopic (exact) mass is 206 g/mol. The van der Waals surface area contributed by atoms with E-state index >= 15 is 0 Å². The summed E-state index contributed by atoms with van der Waals surface area (Å²) in [6.45, 7) is 6.39. The number of rotatable bonds is 3. The second kappa shape index (κ2) is 4.23. The first-order valence-electron chi connectivity index (χ1n) is 5.42. The van der Waals surface area contributed by atoms with Gasteiger partial charge in [-0.05, 0) is 30.5 Å². The van der Waals surface area contributed by atoms with E-state index in [2.05, 4.69) is 49.9 Å². The Hall–Kier alpha value is -1.02. The normalized spacial score (nSPS) is 15.1. The molecule has 1 rings (SSSR count). The van der Waals surface area contributed by atoms with Gasteiger partial charge in [-0.1, -0.05) is 26.0 Å². The molecule has 0 aliphatic rings. The highest BCUT2D eigenvalue weighted by atomic mass is 15.1. The van der Waals surface area contributed by atoms with Crippen LogP contribution in [0.2, 0.25) is 0 Å². The van der Waals surface area contributed by atoms with Crippen LogP contribution in [0.15, 0.2) is 24.3 Å². The maximum atomic E-state index is 6.29. The van der Waals surface area contributed by atoms with E-state index in [9.17, 15) is 0 Å². The van der Waals surface area contributed by atoms with Crippen LogP contribution in [-0.4, -0.2) is 14.1 Å². The lowest BCUT2D eigenvalue weighted by Gasteiger charge is -2.30. The van der Waals surface area contributed by atoms with Crippen molar-refractivity contribution in [1.82, 2.24) is 0 Å². The highest BCUT2D eigenvalue weighted by Gasteiger charge is 2.24. The van der Waals surface area contributed by atoms with Gasteiger partial charge in [-0.15, -0.1) is 0 Å². The second-order valence-corrected chi connectivity index (χ2v) is 4.88. The van der Waals surface area contributed by atoms with E-state index in [1.54, 1.807) is 0 Å². The fourth-order valence-electron chi connectivity index (χ4n) is 1.45. The summed E-state index contributed by atoms with van der Waals surface area (Å²) in [5.41, 5.74) is 8.45. The minimum atomic E-state index is -0.245. The van der Waals surface area contributed by atoms with Gasteiger partial charge in [0, 0.05) is 25.3 Å². The topological polar surface area (TPSA) is 29.3 Å². The molecule has 0 fully saturated rings. The lowest BCUT2D eigenvalue weighted by atomic mass is 9.83. The molecule has 2 N–H and O–H groups in total. The number of hydrogen-bond acceptors (Lipinski definition) is 2. The minimum absolute atomic E-state index is 0.245. The zero-order valence-corrected chi connectivity index (χ0v) is 10.4. The minimum Gasteiger partial charge on any atom is -0.378 e. The van der Waals surface area contributed by atoms with Gasteiger partial charge in [-0.25, -0.2) is 0 Å². The number of nitrogens with two attached hydrogens (primary N) is 1. The summed E-state index contributed by atoms with van der Waals surface area (Å²) in [5, 5.41) is 0. The Labute approximate surface area is 93.1 Å². The smallest absolute Gasteiger partial charge is 0.0404 e. The Kier molecular flexibility index (Phi) is 3.40. The fourth-order valence-corrected chi connectivity index (χ4v) is 1.45. The molecule has 0 saturated heterocycles. The second-order valence-electron chi connectivity index (χ2n) is 4.88. The molecule has 2 nitrogen and oxygen atoms in total. The third-order valence-electron chi connectivity index (χ3n) is 3.21. The van der Waals surface area contributed by atoms with Gasteiger partial charge in [0.05, 0.1) is 0 Å². The lowest BCUT2D eigenvalue weighted by molar-refractivity contribution is 0.350. The van der Waals surface area contributed by atoms with Gasteiger partial charge >= 0.3 is 0 Å². The van der Waals surface area contributed by atoms with Crippen molar-refractivity contribution in [3.63, 3.8) is 0 Å². The molecule has 1 aromatic carbocycles. The third-order valence-corrected chi connectivity index (χ3v) is 3.21.